The lowest BCUT2D eigenvalue weighted by Gasteiger charge is -2.20. The van der Waals surface area contributed by atoms with Crippen molar-refractivity contribution in [1.29, 1.82) is 0 Å². The van der Waals surface area contributed by atoms with Crippen LogP contribution < -0.4 is 10.6 Å². The molecule has 33 heavy (non-hydrogen) atoms. The first-order valence-corrected chi connectivity index (χ1v) is 11.0. The highest BCUT2D eigenvalue weighted by Gasteiger charge is 2.26. The van der Waals surface area contributed by atoms with Gasteiger partial charge >= 0.3 is 5.97 Å². The van der Waals surface area contributed by atoms with Crippen molar-refractivity contribution < 1.29 is 43.3 Å². The van der Waals surface area contributed by atoms with Crippen LogP contribution in [0.5, 0.6) is 0 Å². The van der Waals surface area contributed by atoms with E-state index in [4.69, 9.17) is 14.6 Å². The molecule has 0 aliphatic carbocycles. The number of hydrogen-bond acceptors (Lipinski definition) is 8. The van der Waals surface area contributed by atoms with Crippen molar-refractivity contribution in [3.8, 4) is 0 Å². The average molecular weight is 473 g/mol. The molecule has 0 unspecified atom stereocenters. The zero-order valence-corrected chi connectivity index (χ0v) is 19.6. The molecule has 2 atom stereocenters. The molecule has 0 aromatic carbocycles. The van der Waals surface area contributed by atoms with Crippen LogP contribution in [0.25, 0.3) is 0 Å². The van der Waals surface area contributed by atoms with E-state index in [9.17, 15) is 28.8 Å². The number of hydrogen-bond donors (Lipinski definition) is 3. The molecule has 0 fully saturated rings. The quantitative estimate of drug-likeness (QED) is 0.213. The Morgan fingerprint density at radius 2 is 1.58 bits per heavy atom. The number of ketones is 3. The summed E-state index contributed by atoms with van der Waals surface area (Å²) in [6, 6.07) is -0.876. The van der Waals surface area contributed by atoms with Gasteiger partial charge in [-0.1, -0.05) is 6.92 Å². The number of Topliss-reactive ketones (excluding diaryl/α,β-unsaturated/α-hetero) is 3. The smallest absolute Gasteiger partial charge is 0.303 e. The third kappa shape index (κ3) is 16.6. The third-order valence-electron chi connectivity index (χ3n) is 4.67. The number of rotatable bonds is 20. The number of amides is 2. The zero-order valence-electron chi connectivity index (χ0n) is 19.6. The van der Waals surface area contributed by atoms with Gasteiger partial charge in [-0.15, -0.1) is 0 Å². The van der Waals surface area contributed by atoms with Gasteiger partial charge in [0.05, 0.1) is 25.9 Å². The molecule has 0 radical (unpaired) electrons. The topological polar surface area (TPSA) is 165 Å². The van der Waals surface area contributed by atoms with Crippen molar-refractivity contribution in [2.45, 2.75) is 65.3 Å². The largest absolute Gasteiger partial charge is 0.481 e. The number of carboxylic acids is 1. The third-order valence-corrected chi connectivity index (χ3v) is 4.67. The van der Waals surface area contributed by atoms with E-state index in [1.807, 2.05) is 0 Å². The first-order chi connectivity index (χ1) is 15.6. The minimum atomic E-state index is -1.11. The Labute approximate surface area is 193 Å². The average Bonchev–Trinajstić information content (AvgIpc) is 2.74. The van der Waals surface area contributed by atoms with Crippen molar-refractivity contribution in [2.24, 2.45) is 5.92 Å². The van der Waals surface area contributed by atoms with Crippen LogP contribution in [0.15, 0.2) is 0 Å². The predicted octanol–water partition coefficient (Wildman–Crippen LogP) is 0.429. The van der Waals surface area contributed by atoms with Gasteiger partial charge < -0.3 is 30.0 Å². The predicted molar refractivity (Wildman–Crippen MR) is 117 cm³/mol. The van der Waals surface area contributed by atoms with E-state index in [0.29, 0.717) is 19.6 Å². The van der Waals surface area contributed by atoms with E-state index < -0.39 is 23.8 Å². The normalized spacial score (nSPS) is 12.5. The number of aliphatic carboxylic acids is 1. The lowest BCUT2D eigenvalue weighted by Crippen LogP contribution is -2.43. The molecule has 0 spiro atoms. The van der Waals surface area contributed by atoms with E-state index in [1.54, 1.807) is 6.92 Å². The maximum absolute atomic E-state index is 12.6. The lowest BCUT2D eigenvalue weighted by atomic mass is 9.95. The molecule has 3 N–H and O–H groups in total. The molecule has 11 nitrogen and oxygen atoms in total. The molecule has 0 heterocycles. The molecule has 0 bridgehead atoms. The van der Waals surface area contributed by atoms with Crippen LogP contribution in [0, 0.1) is 5.92 Å². The summed E-state index contributed by atoms with van der Waals surface area (Å²) in [6.45, 7) is 5.17. The van der Waals surface area contributed by atoms with Gasteiger partial charge in [-0.25, -0.2) is 0 Å². The summed E-state index contributed by atoms with van der Waals surface area (Å²) in [5.41, 5.74) is 0. The second-order valence-electron chi connectivity index (χ2n) is 7.65. The monoisotopic (exact) mass is 472 g/mol. The number of carboxylic acid groups (broad SMARTS) is 1. The van der Waals surface area contributed by atoms with Crippen LogP contribution in [0.2, 0.25) is 0 Å². The van der Waals surface area contributed by atoms with E-state index in [1.165, 1.54) is 13.8 Å². The first-order valence-electron chi connectivity index (χ1n) is 11.0. The minimum absolute atomic E-state index is 0.0726. The highest BCUT2D eigenvalue weighted by atomic mass is 16.5. The second-order valence-corrected chi connectivity index (χ2v) is 7.65. The fourth-order valence-corrected chi connectivity index (χ4v) is 2.77. The number of nitrogens with one attached hydrogen (secondary N) is 2. The van der Waals surface area contributed by atoms with Gasteiger partial charge in [0.2, 0.25) is 11.8 Å². The van der Waals surface area contributed by atoms with Crippen LogP contribution in [0.4, 0.5) is 0 Å². The Kier molecular flexibility index (Phi) is 16.4. The fourth-order valence-electron chi connectivity index (χ4n) is 2.77. The fraction of sp³-hybridized carbons (Fsp3) is 0.727. The Morgan fingerprint density at radius 1 is 0.909 bits per heavy atom. The molecule has 11 heteroatoms. The lowest BCUT2D eigenvalue weighted by molar-refractivity contribution is -0.139. The molecule has 0 aromatic heterocycles. The maximum atomic E-state index is 12.6. The highest BCUT2D eigenvalue weighted by Crippen LogP contribution is 2.14. The number of ether oxygens (including phenoxy) is 2. The molecule has 0 aromatic rings. The van der Waals surface area contributed by atoms with Gasteiger partial charge in [-0.3, -0.25) is 24.0 Å². The Bertz CT molecular complexity index is 679. The van der Waals surface area contributed by atoms with Crippen molar-refractivity contribution in [1.82, 2.24) is 10.6 Å². The summed E-state index contributed by atoms with van der Waals surface area (Å²) in [5, 5.41) is 14.1. The number of carbonyl (C=O) groups is 6. The SMILES string of the molecule is CCC(=O)NCCOCCOCC(=O)C[C@@H](CCC(=O)O)C(=O)N[C@@H](CCC(C)=O)C(C)=O. The van der Waals surface area contributed by atoms with Crippen LogP contribution >= 0.6 is 0 Å². The van der Waals surface area contributed by atoms with Crippen LogP contribution in [-0.4, -0.2) is 79.3 Å². The summed E-state index contributed by atoms with van der Waals surface area (Å²) >= 11 is 0. The van der Waals surface area contributed by atoms with Crippen molar-refractivity contribution >= 4 is 35.1 Å². The summed E-state index contributed by atoms with van der Waals surface area (Å²) in [5.74, 6) is -3.57. The van der Waals surface area contributed by atoms with E-state index in [2.05, 4.69) is 10.6 Å². The van der Waals surface area contributed by atoms with E-state index in [0.717, 1.165) is 0 Å². The molecule has 0 aliphatic rings. The van der Waals surface area contributed by atoms with Crippen LogP contribution in [0.3, 0.4) is 0 Å². The Hall–Kier alpha value is -2.66. The molecule has 188 valence electrons. The summed E-state index contributed by atoms with van der Waals surface area (Å²) in [6.07, 6.45) is 0.0277. The zero-order chi connectivity index (χ0) is 25.2. The van der Waals surface area contributed by atoms with Gasteiger partial charge in [0.15, 0.2) is 11.6 Å². The van der Waals surface area contributed by atoms with Gasteiger partial charge in [0.25, 0.3) is 0 Å². The molecular formula is C22H36N2O9. The van der Waals surface area contributed by atoms with Gasteiger partial charge in [-0.05, 0) is 26.7 Å². The molecule has 0 rings (SSSR count). The van der Waals surface area contributed by atoms with Crippen molar-refractivity contribution in [3.05, 3.63) is 0 Å². The Morgan fingerprint density at radius 3 is 2.15 bits per heavy atom. The van der Waals surface area contributed by atoms with Crippen LogP contribution in [-0.2, 0) is 38.2 Å². The standard InChI is InChI=1S/C22H36N2O9/c1-4-20(28)23-9-10-32-11-12-33-14-18(27)13-17(6-8-21(29)30)22(31)24-19(16(3)26)7-5-15(2)25/h17,19H,4-14H2,1-3H3,(H,23,28)(H,24,31)(H,29,30)/t17-,19+/m1/s1. The summed E-state index contributed by atoms with van der Waals surface area (Å²) in [4.78, 5) is 69.8. The number of carbonyl (C=O) groups excluding carboxylic acids is 5. The highest BCUT2D eigenvalue weighted by molar-refractivity contribution is 5.91. The maximum Gasteiger partial charge on any atom is 0.303 e. The second kappa shape index (κ2) is 17.8. The van der Waals surface area contributed by atoms with Gasteiger partial charge in [0, 0.05) is 38.1 Å². The molecule has 0 saturated carbocycles. The summed E-state index contributed by atoms with van der Waals surface area (Å²) < 4.78 is 10.5. The van der Waals surface area contributed by atoms with Crippen LogP contribution in [0.1, 0.15) is 59.3 Å². The molecular weight excluding hydrogens is 436 g/mol. The van der Waals surface area contributed by atoms with Gasteiger partial charge in [-0.2, -0.15) is 0 Å². The first kappa shape index (κ1) is 30.3. The molecule has 0 aliphatic heterocycles. The summed E-state index contributed by atoms with van der Waals surface area (Å²) in [7, 11) is 0. The minimum Gasteiger partial charge on any atom is -0.481 e. The van der Waals surface area contributed by atoms with Crippen molar-refractivity contribution in [3.63, 3.8) is 0 Å². The Balaban J connectivity index is 4.52. The molecule has 2 amide bonds. The van der Waals surface area contributed by atoms with E-state index >= 15 is 0 Å². The van der Waals surface area contributed by atoms with Gasteiger partial charge in [0.1, 0.15) is 12.4 Å². The van der Waals surface area contributed by atoms with Crippen molar-refractivity contribution in [2.75, 3.05) is 33.0 Å². The molecule has 0 saturated heterocycles. The van der Waals surface area contributed by atoms with E-state index in [-0.39, 0.29) is 75.2 Å².